The maximum atomic E-state index is 11.2. The van der Waals surface area contributed by atoms with E-state index in [4.69, 9.17) is 4.74 Å². The highest BCUT2D eigenvalue weighted by molar-refractivity contribution is 5.69. The Morgan fingerprint density at radius 3 is 2.86 bits per heavy atom. The summed E-state index contributed by atoms with van der Waals surface area (Å²) in [6.07, 6.45) is 6.51. The second-order valence-electron chi connectivity index (χ2n) is 4.01. The molecule has 1 fully saturated rings. The zero-order chi connectivity index (χ0) is 10.2. The molecule has 0 aliphatic heterocycles. The Labute approximate surface area is 86.2 Å². The molecule has 0 heterocycles. The van der Waals surface area contributed by atoms with E-state index in [1.54, 1.807) is 0 Å². The first-order chi connectivity index (χ1) is 6.83. The predicted molar refractivity (Wildman–Crippen MR) is 56.1 cm³/mol. The quantitative estimate of drug-likeness (QED) is 0.501. The van der Waals surface area contributed by atoms with Crippen molar-refractivity contribution in [2.45, 2.75) is 38.5 Å². The summed E-state index contributed by atoms with van der Waals surface area (Å²) in [6, 6.07) is 0. The third-order valence-electron chi connectivity index (χ3n) is 2.82. The van der Waals surface area contributed by atoms with Gasteiger partial charge in [-0.15, -0.1) is 0 Å². The first-order valence-electron chi connectivity index (χ1n) is 5.63. The molecule has 0 saturated heterocycles. The third-order valence-corrected chi connectivity index (χ3v) is 2.82. The number of nitrogens with one attached hydrogen (secondary N) is 1. The normalized spacial score (nSPS) is 16.4. The lowest BCUT2D eigenvalue weighted by Crippen LogP contribution is -2.16. The average molecular weight is 199 g/mol. The molecule has 1 rings (SSSR count). The van der Waals surface area contributed by atoms with Crippen molar-refractivity contribution in [3.05, 3.63) is 0 Å². The van der Waals surface area contributed by atoms with Crippen LogP contribution in [0, 0.1) is 5.92 Å². The molecule has 82 valence electrons. The van der Waals surface area contributed by atoms with Crippen molar-refractivity contribution in [1.82, 2.24) is 5.32 Å². The first kappa shape index (κ1) is 11.5. The summed E-state index contributed by atoms with van der Waals surface area (Å²) in [4.78, 5) is 11.2. The van der Waals surface area contributed by atoms with E-state index < -0.39 is 0 Å². The highest BCUT2D eigenvalue weighted by atomic mass is 16.5. The van der Waals surface area contributed by atoms with Gasteiger partial charge in [-0.1, -0.05) is 19.3 Å². The summed E-state index contributed by atoms with van der Waals surface area (Å²) in [5, 5.41) is 3.01. The highest BCUT2D eigenvalue weighted by Crippen LogP contribution is 2.29. The van der Waals surface area contributed by atoms with Gasteiger partial charge in [0.1, 0.15) is 0 Å². The number of hydrogen-bond acceptors (Lipinski definition) is 3. The Hall–Kier alpha value is -0.570. The van der Waals surface area contributed by atoms with E-state index in [1.165, 1.54) is 19.3 Å². The van der Waals surface area contributed by atoms with Crippen LogP contribution < -0.4 is 5.32 Å². The zero-order valence-corrected chi connectivity index (χ0v) is 9.05. The molecule has 0 bridgehead atoms. The Bertz CT molecular complexity index is 167. The lowest BCUT2D eigenvalue weighted by Gasteiger charge is -2.24. The first-order valence-corrected chi connectivity index (χ1v) is 5.63. The van der Waals surface area contributed by atoms with Crippen molar-refractivity contribution in [2.24, 2.45) is 5.92 Å². The maximum absolute atomic E-state index is 11.2. The molecule has 1 N–H and O–H groups in total. The van der Waals surface area contributed by atoms with Gasteiger partial charge in [0.2, 0.25) is 0 Å². The largest absolute Gasteiger partial charge is 0.466 e. The van der Waals surface area contributed by atoms with Gasteiger partial charge in [0.05, 0.1) is 6.61 Å². The minimum absolute atomic E-state index is 0.0421. The lowest BCUT2D eigenvalue weighted by molar-refractivity contribution is -0.144. The number of carbonyl (C=O) groups excluding carboxylic acids is 1. The van der Waals surface area contributed by atoms with E-state index in [1.807, 2.05) is 7.05 Å². The molecule has 3 heteroatoms. The van der Waals surface area contributed by atoms with Crippen molar-refractivity contribution < 1.29 is 9.53 Å². The van der Waals surface area contributed by atoms with Gasteiger partial charge in [-0.05, 0) is 32.4 Å². The topological polar surface area (TPSA) is 38.3 Å². The molecule has 0 unspecified atom stereocenters. The number of esters is 1. The second-order valence-corrected chi connectivity index (χ2v) is 4.01. The van der Waals surface area contributed by atoms with E-state index in [2.05, 4.69) is 5.32 Å². The molecule has 0 atom stereocenters. The van der Waals surface area contributed by atoms with Crippen molar-refractivity contribution in [3.63, 3.8) is 0 Å². The van der Waals surface area contributed by atoms with Gasteiger partial charge in [-0.3, -0.25) is 4.79 Å². The molecule has 0 amide bonds. The van der Waals surface area contributed by atoms with Gasteiger partial charge in [-0.25, -0.2) is 0 Å². The lowest BCUT2D eigenvalue weighted by atomic mass is 9.83. The molecule has 1 aliphatic carbocycles. The molecule has 0 aromatic carbocycles. The predicted octanol–water partition coefficient (Wildman–Crippen LogP) is 1.72. The Morgan fingerprint density at radius 1 is 1.50 bits per heavy atom. The molecule has 0 radical (unpaired) electrons. The van der Waals surface area contributed by atoms with E-state index in [0.29, 0.717) is 13.0 Å². The van der Waals surface area contributed by atoms with Crippen molar-refractivity contribution in [1.29, 1.82) is 0 Å². The molecule has 0 aromatic heterocycles. The number of ether oxygens (including phenoxy) is 1. The molecular formula is C11H21NO2. The van der Waals surface area contributed by atoms with Crippen LogP contribution in [-0.4, -0.2) is 26.2 Å². The highest BCUT2D eigenvalue weighted by Gasteiger charge is 2.17. The number of hydrogen-bond donors (Lipinski definition) is 1. The van der Waals surface area contributed by atoms with Crippen molar-refractivity contribution >= 4 is 5.97 Å². The van der Waals surface area contributed by atoms with Crippen molar-refractivity contribution in [3.8, 4) is 0 Å². The summed E-state index contributed by atoms with van der Waals surface area (Å²) in [5.74, 6) is 0.791. The van der Waals surface area contributed by atoms with E-state index >= 15 is 0 Å². The molecule has 3 nitrogen and oxygen atoms in total. The standard InChI is InChI=1S/C11H21NO2/c1-12-8-3-6-11(13)14-9-7-10-4-2-5-10/h10,12H,2-9H2,1H3. The summed E-state index contributed by atoms with van der Waals surface area (Å²) in [5.41, 5.74) is 0. The minimum atomic E-state index is -0.0421. The van der Waals surface area contributed by atoms with E-state index in [-0.39, 0.29) is 5.97 Å². The molecular weight excluding hydrogens is 178 g/mol. The zero-order valence-electron chi connectivity index (χ0n) is 9.05. The van der Waals surface area contributed by atoms with Gasteiger partial charge >= 0.3 is 5.97 Å². The molecule has 1 saturated carbocycles. The molecule has 1 aliphatic rings. The van der Waals surface area contributed by atoms with Crippen LogP contribution in [0.25, 0.3) is 0 Å². The Balaban J connectivity index is 1.86. The van der Waals surface area contributed by atoms with Crippen LogP contribution >= 0.6 is 0 Å². The van der Waals surface area contributed by atoms with Crippen LogP contribution in [-0.2, 0) is 9.53 Å². The van der Waals surface area contributed by atoms with Gasteiger partial charge in [0.15, 0.2) is 0 Å². The van der Waals surface area contributed by atoms with Crippen molar-refractivity contribution in [2.75, 3.05) is 20.2 Å². The fourth-order valence-electron chi connectivity index (χ4n) is 1.60. The fraction of sp³-hybridized carbons (Fsp3) is 0.909. The van der Waals surface area contributed by atoms with Crippen LogP contribution in [0.5, 0.6) is 0 Å². The fourth-order valence-corrected chi connectivity index (χ4v) is 1.60. The monoisotopic (exact) mass is 199 g/mol. The number of carbonyl (C=O) groups is 1. The van der Waals surface area contributed by atoms with Gasteiger partial charge in [0, 0.05) is 6.42 Å². The molecule has 0 aromatic rings. The number of rotatable bonds is 7. The smallest absolute Gasteiger partial charge is 0.305 e. The second kappa shape index (κ2) is 6.82. The average Bonchev–Trinajstić information content (AvgIpc) is 2.10. The van der Waals surface area contributed by atoms with Crippen LogP contribution in [0.2, 0.25) is 0 Å². The molecule has 14 heavy (non-hydrogen) atoms. The van der Waals surface area contributed by atoms with Gasteiger partial charge in [0.25, 0.3) is 0 Å². The Kier molecular flexibility index (Phi) is 5.60. The summed E-state index contributed by atoms with van der Waals surface area (Å²) >= 11 is 0. The SMILES string of the molecule is CNCCCC(=O)OCCC1CCC1. The van der Waals surface area contributed by atoms with E-state index in [0.717, 1.165) is 25.3 Å². The van der Waals surface area contributed by atoms with Gasteiger partial charge < -0.3 is 10.1 Å². The van der Waals surface area contributed by atoms with E-state index in [9.17, 15) is 4.79 Å². The van der Waals surface area contributed by atoms with Crippen LogP contribution in [0.1, 0.15) is 38.5 Å². The maximum Gasteiger partial charge on any atom is 0.305 e. The summed E-state index contributed by atoms with van der Waals surface area (Å²) in [7, 11) is 1.89. The van der Waals surface area contributed by atoms with Crippen LogP contribution in [0.3, 0.4) is 0 Å². The minimum Gasteiger partial charge on any atom is -0.466 e. The van der Waals surface area contributed by atoms with Crippen LogP contribution in [0.4, 0.5) is 0 Å². The Morgan fingerprint density at radius 2 is 2.29 bits per heavy atom. The summed E-state index contributed by atoms with van der Waals surface area (Å²) in [6.45, 7) is 1.51. The summed E-state index contributed by atoms with van der Waals surface area (Å²) < 4.78 is 5.13. The molecule has 0 spiro atoms. The van der Waals surface area contributed by atoms with Crippen LogP contribution in [0.15, 0.2) is 0 Å². The third kappa shape index (κ3) is 4.61. The van der Waals surface area contributed by atoms with Gasteiger partial charge in [-0.2, -0.15) is 0 Å².